The highest BCUT2D eigenvalue weighted by Gasteiger charge is 2.48. The van der Waals surface area contributed by atoms with Crippen LogP contribution in [0.2, 0.25) is 23.7 Å². The molecule has 0 aromatic carbocycles. The molecule has 0 saturated heterocycles. The molecule has 19 heavy (non-hydrogen) atoms. The third-order valence-electron chi connectivity index (χ3n) is 4.13. The highest BCUT2D eigenvalue weighted by molar-refractivity contribution is 6.74. The van der Waals surface area contributed by atoms with Crippen LogP contribution < -0.4 is 0 Å². The van der Waals surface area contributed by atoms with E-state index in [4.69, 9.17) is 13.3 Å². The lowest BCUT2D eigenvalue weighted by atomic mass is 10.1. The summed E-state index contributed by atoms with van der Waals surface area (Å²) >= 11 is 0. The Hall–Kier alpha value is -0.176. The molecule has 0 saturated carbocycles. The monoisotopic (exact) mass is 305 g/mol. The first kappa shape index (κ1) is 18.8. The molecule has 0 aliphatic heterocycles. The second kappa shape index (κ2) is 7.56. The van der Waals surface area contributed by atoms with E-state index in [-0.39, 0.29) is 5.97 Å². The molecule has 0 heterocycles. The number of hydrogen-bond acceptors (Lipinski definition) is 4. The summed E-state index contributed by atoms with van der Waals surface area (Å²) in [6, 6.07) is 0. The summed E-state index contributed by atoms with van der Waals surface area (Å²) in [7, 11) is -0.491. The smallest absolute Gasteiger partial charge is 0.402 e. The van der Waals surface area contributed by atoms with Crippen molar-refractivity contribution in [2.75, 3.05) is 14.2 Å². The summed E-state index contributed by atoms with van der Waals surface area (Å²) in [5.74, 6) is -0.162. The molecule has 0 aliphatic carbocycles. The van der Waals surface area contributed by atoms with Gasteiger partial charge < -0.3 is 13.3 Å². The van der Waals surface area contributed by atoms with Gasteiger partial charge in [0.1, 0.15) is 5.04 Å². The zero-order valence-electron chi connectivity index (χ0n) is 13.6. The van der Waals surface area contributed by atoms with Crippen LogP contribution >= 0.6 is 0 Å². The van der Waals surface area contributed by atoms with Crippen LogP contribution in [-0.4, -0.2) is 37.8 Å². The lowest BCUT2D eigenvalue weighted by Gasteiger charge is -2.35. The van der Waals surface area contributed by atoms with Gasteiger partial charge in [0, 0.05) is 14.2 Å². The predicted octanol–water partition coefficient (Wildman–Crippen LogP) is 3.49. The number of hydrogen-bond donors (Lipinski definition) is 0. The van der Waals surface area contributed by atoms with Gasteiger partial charge in [-0.15, -0.1) is 0 Å². The van der Waals surface area contributed by atoms with Crippen LogP contribution in [0.5, 0.6) is 0 Å². The van der Waals surface area contributed by atoms with Crippen LogP contribution in [0.25, 0.3) is 0 Å². The van der Waals surface area contributed by atoms with Crippen molar-refractivity contribution in [3.8, 4) is 0 Å². The van der Waals surface area contributed by atoms with Crippen LogP contribution in [0.15, 0.2) is 0 Å². The first-order valence-corrected chi connectivity index (χ1v) is 11.2. The largest absolute Gasteiger partial charge is 0.519 e. The van der Waals surface area contributed by atoms with E-state index in [0.717, 1.165) is 6.42 Å². The lowest BCUT2D eigenvalue weighted by Crippen LogP contribution is -2.47. The number of carbonyl (C=O) groups is 1. The predicted molar refractivity (Wildman–Crippen MR) is 81.7 cm³/mol. The number of carbonyl (C=O) groups excluding carboxylic acids is 1. The molecule has 0 aliphatic rings. The molecule has 0 aromatic rings. The Kier molecular flexibility index (Phi) is 7.49. The van der Waals surface area contributed by atoms with Gasteiger partial charge in [-0.1, -0.05) is 27.2 Å². The Morgan fingerprint density at radius 3 is 2.05 bits per heavy atom. The summed E-state index contributed by atoms with van der Waals surface area (Å²) in [6.45, 7) is 12.3. The van der Waals surface area contributed by atoms with E-state index < -0.39 is 22.6 Å². The molecule has 2 atom stereocenters. The van der Waals surface area contributed by atoms with Crippen LogP contribution in [0.1, 0.15) is 40.5 Å². The van der Waals surface area contributed by atoms with E-state index in [9.17, 15) is 4.79 Å². The SMILES string of the molecule is CCC(C)[Si](C)(C)OC(=O)C(C)(CC)[Si](OC)OC. The summed E-state index contributed by atoms with van der Waals surface area (Å²) in [5.41, 5.74) is 0.443. The minimum atomic E-state index is -2.01. The van der Waals surface area contributed by atoms with Gasteiger partial charge in [0.25, 0.3) is 14.3 Å². The lowest BCUT2D eigenvalue weighted by molar-refractivity contribution is -0.139. The topological polar surface area (TPSA) is 44.8 Å². The molecule has 2 unspecified atom stereocenters. The maximum absolute atomic E-state index is 12.6. The van der Waals surface area contributed by atoms with Gasteiger partial charge >= 0.3 is 9.28 Å². The van der Waals surface area contributed by atoms with Crippen LogP contribution in [0, 0.1) is 0 Å². The van der Waals surface area contributed by atoms with E-state index >= 15 is 0 Å². The van der Waals surface area contributed by atoms with Gasteiger partial charge in [-0.25, -0.2) is 0 Å². The molecule has 4 nitrogen and oxygen atoms in total. The van der Waals surface area contributed by atoms with Crippen molar-refractivity contribution in [3.05, 3.63) is 0 Å². The zero-order valence-corrected chi connectivity index (χ0v) is 15.6. The van der Waals surface area contributed by atoms with Gasteiger partial charge in [0.2, 0.25) is 0 Å². The van der Waals surface area contributed by atoms with Gasteiger partial charge in [0.05, 0.1) is 0 Å². The molecule has 0 aromatic heterocycles. The standard InChI is InChI=1S/C13H29O4Si2/c1-9-11(3)19(7,8)17-12(14)13(4,10-2)18(15-5)16-6/h11H,9-10H2,1-8H3. The third kappa shape index (κ3) is 4.41. The molecule has 0 bridgehead atoms. The fourth-order valence-corrected chi connectivity index (χ4v) is 5.41. The van der Waals surface area contributed by atoms with Crippen molar-refractivity contribution in [3.63, 3.8) is 0 Å². The minimum absolute atomic E-state index is 0.162. The van der Waals surface area contributed by atoms with Crippen LogP contribution in [-0.2, 0) is 18.1 Å². The summed E-state index contributed by atoms with van der Waals surface area (Å²) in [4.78, 5) is 12.6. The summed E-state index contributed by atoms with van der Waals surface area (Å²) < 4.78 is 16.6. The van der Waals surface area contributed by atoms with Crippen molar-refractivity contribution in [1.82, 2.24) is 0 Å². The molecule has 113 valence electrons. The van der Waals surface area contributed by atoms with E-state index in [1.807, 2.05) is 13.8 Å². The fourth-order valence-electron chi connectivity index (χ4n) is 1.85. The average molecular weight is 306 g/mol. The van der Waals surface area contributed by atoms with E-state index in [0.29, 0.717) is 12.0 Å². The molecule has 0 fully saturated rings. The van der Waals surface area contributed by atoms with Crippen molar-refractivity contribution in [1.29, 1.82) is 0 Å². The maximum atomic E-state index is 12.6. The van der Waals surface area contributed by atoms with Crippen molar-refractivity contribution in [2.24, 2.45) is 0 Å². The first-order valence-electron chi connectivity index (χ1n) is 6.88. The average Bonchev–Trinajstić information content (AvgIpc) is 2.37. The first-order chi connectivity index (χ1) is 8.69. The highest BCUT2D eigenvalue weighted by atomic mass is 28.4. The van der Waals surface area contributed by atoms with Crippen molar-refractivity contribution < 1.29 is 18.1 Å². The van der Waals surface area contributed by atoms with Gasteiger partial charge in [0.15, 0.2) is 0 Å². The maximum Gasteiger partial charge on any atom is 0.402 e. The Morgan fingerprint density at radius 1 is 1.26 bits per heavy atom. The van der Waals surface area contributed by atoms with Gasteiger partial charge in [-0.2, -0.15) is 0 Å². The Bertz CT molecular complexity index is 292. The molecule has 0 amide bonds. The fraction of sp³-hybridized carbons (Fsp3) is 0.923. The molecular formula is C13H29O4Si2. The normalized spacial score (nSPS) is 17.1. The van der Waals surface area contributed by atoms with Crippen molar-refractivity contribution in [2.45, 2.75) is 64.2 Å². The quantitative estimate of drug-likeness (QED) is 0.644. The van der Waals surface area contributed by atoms with E-state index in [1.54, 1.807) is 14.2 Å². The second-order valence-corrected chi connectivity index (χ2v) is 12.6. The third-order valence-corrected chi connectivity index (χ3v) is 9.83. The van der Waals surface area contributed by atoms with E-state index in [2.05, 4.69) is 26.9 Å². The van der Waals surface area contributed by atoms with Gasteiger partial charge in [-0.3, -0.25) is 4.79 Å². The minimum Gasteiger partial charge on any atom is -0.519 e. The second-order valence-electron chi connectivity index (χ2n) is 5.68. The molecule has 6 heteroatoms. The van der Waals surface area contributed by atoms with Crippen LogP contribution in [0.4, 0.5) is 0 Å². The molecule has 0 rings (SSSR count). The zero-order chi connectivity index (χ0) is 15.3. The Labute approximate surface area is 120 Å². The molecule has 1 radical (unpaired) electrons. The highest BCUT2D eigenvalue weighted by Crippen LogP contribution is 2.38. The Morgan fingerprint density at radius 2 is 1.74 bits per heavy atom. The van der Waals surface area contributed by atoms with Crippen molar-refractivity contribution >= 4 is 23.6 Å². The van der Waals surface area contributed by atoms with Crippen LogP contribution in [0.3, 0.4) is 0 Å². The summed E-state index contributed by atoms with van der Waals surface area (Å²) in [6.07, 6.45) is 1.69. The number of rotatable bonds is 8. The van der Waals surface area contributed by atoms with Gasteiger partial charge in [-0.05, 0) is 32.0 Å². The summed E-state index contributed by atoms with van der Waals surface area (Å²) in [5, 5.41) is -0.661. The van der Waals surface area contributed by atoms with E-state index in [1.165, 1.54) is 0 Å². The molecule has 0 spiro atoms. The molecular weight excluding hydrogens is 276 g/mol. The molecule has 0 N–H and O–H groups in total. The Balaban J connectivity index is 5.05.